The molecule has 1 rings (SSSR count). The van der Waals surface area contributed by atoms with Gasteiger partial charge in [0.05, 0.1) is 6.10 Å². The number of carbonyl (C=O) groups is 2. The maximum Gasteiger partial charge on any atom is 0.328 e. The van der Waals surface area contributed by atoms with Crippen molar-refractivity contribution >= 4 is 17.9 Å². The molecule has 0 aromatic carbocycles. The number of aromatic nitrogens is 2. The highest BCUT2D eigenvalue weighted by atomic mass is 16.4. The Hall–Kier alpha value is -2.22. The molecular weight excluding hydrogens is 228 g/mol. The molecule has 0 saturated carbocycles. The first-order valence-corrected chi connectivity index (χ1v) is 4.76. The van der Waals surface area contributed by atoms with E-state index < -0.39 is 24.1 Å². The molecule has 8 nitrogen and oxygen atoms in total. The molecule has 0 aliphatic rings. The minimum atomic E-state index is -1.39. The first-order valence-electron chi connectivity index (χ1n) is 4.76. The fourth-order valence-corrected chi connectivity index (χ4v) is 1.03. The van der Waals surface area contributed by atoms with Gasteiger partial charge in [0.25, 0.3) is 0 Å². The van der Waals surface area contributed by atoms with Gasteiger partial charge in [-0.25, -0.2) is 19.6 Å². The first kappa shape index (κ1) is 12.8. The quantitative estimate of drug-likeness (QED) is 0.558. The second kappa shape index (κ2) is 5.75. The number of nitrogens with zero attached hydrogens (tertiary/aromatic N) is 2. The number of aliphatic hydroxyl groups is 1. The van der Waals surface area contributed by atoms with Crippen LogP contribution in [0.2, 0.25) is 0 Å². The lowest BCUT2D eigenvalue weighted by Crippen LogP contribution is -2.49. The monoisotopic (exact) mass is 240 g/mol. The smallest absolute Gasteiger partial charge is 0.328 e. The van der Waals surface area contributed by atoms with Gasteiger partial charge in [-0.15, -0.1) is 0 Å². The van der Waals surface area contributed by atoms with Crippen molar-refractivity contribution in [1.29, 1.82) is 0 Å². The van der Waals surface area contributed by atoms with E-state index in [1.165, 1.54) is 19.3 Å². The number of carboxylic acids is 1. The molecule has 1 aromatic heterocycles. The number of hydrogen-bond acceptors (Lipinski definition) is 5. The van der Waals surface area contributed by atoms with Crippen LogP contribution in [0.15, 0.2) is 18.5 Å². The summed E-state index contributed by atoms with van der Waals surface area (Å²) in [7, 11) is 0. The van der Waals surface area contributed by atoms with Crippen LogP contribution in [0.5, 0.6) is 0 Å². The summed E-state index contributed by atoms with van der Waals surface area (Å²) in [5.41, 5.74) is 0. The van der Waals surface area contributed by atoms with Crippen molar-refractivity contribution in [2.24, 2.45) is 0 Å². The maximum atomic E-state index is 11.4. The zero-order chi connectivity index (χ0) is 12.8. The molecular formula is C9H12N4O4. The average Bonchev–Trinajstić information content (AvgIpc) is 2.26. The highest BCUT2D eigenvalue weighted by Gasteiger charge is 2.25. The van der Waals surface area contributed by atoms with Crippen molar-refractivity contribution in [1.82, 2.24) is 15.3 Å². The number of aliphatic carboxylic acids is 1. The van der Waals surface area contributed by atoms with E-state index >= 15 is 0 Å². The Morgan fingerprint density at radius 2 is 1.94 bits per heavy atom. The molecule has 0 unspecified atom stereocenters. The molecule has 92 valence electrons. The zero-order valence-corrected chi connectivity index (χ0v) is 8.99. The largest absolute Gasteiger partial charge is 0.480 e. The Labute approximate surface area is 96.7 Å². The lowest BCUT2D eigenvalue weighted by atomic mass is 10.2. The molecule has 0 bridgehead atoms. The van der Waals surface area contributed by atoms with E-state index in [1.807, 2.05) is 0 Å². The predicted octanol–water partition coefficient (Wildman–Crippen LogP) is -0.568. The zero-order valence-electron chi connectivity index (χ0n) is 8.99. The van der Waals surface area contributed by atoms with Gasteiger partial charge in [0.1, 0.15) is 0 Å². The van der Waals surface area contributed by atoms with Gasteiger partial charge in [0.2, 0.25) is 5.95 Å². The molecule has 17 heavy (non-hydrogen) atoms. The second-order valence-electron chi connectivity index (χ2n) is 3.23. The summed E-state index contributed by atoms with van der Waals surface area (Å²) >= 11 is 0. The van der Waals surface area contributed by atoms with Gasteiger partial charge in [0.15, 0.2) is 6.04 Å². The Balaban J connectivity index is 2.57. The van der Waals surface area contributed by atoms with Crippen LogP contribution < -0.4 is 10.6 Å². The van der Waals surface area contributed by atoms with Gasteiger partial charge in [-0.3, -0.25) is 5.32 Å². The molecule has 2 amide bonds. The highest BCUT2D eigenvalue weighted by Crippen LogP contribution is 1.96. The molecule has 0 spiro atoms. The number of rotatable bonds is 4. The normalized spacial score (nSPS) is 13.5. The lowest BCUT2D eigenvalue weighted by Gasteiger charge is -2.16. The van der Waals surface area contributed by atoms with Gasteiger partial charge < -0.3 is 15.5 Å². The summed E-state index contributed by atoms with van der Waals surface area (Å²) < 4.78 is 0. The number of carbonyl (C=O) groups excluding carboxylic acids is 1. The predicted molar refractivity (Wildman–Crippen MR) is 57.3 cm³/mol. The summed E-state index contributed by atoms with van der Waals surface area (Å²) in [6, 6.07) is -0.623. The van der Waals surface area contributed by atoms with Crippen LogP contribution in [0.1, 0.15) is 6.92 Å². The van der Waals surface area contributed by atoms with Gasteiger partial charge in [-0.2, -0.15) is 0 Å². The molecule has 0 fully saturated rings. The van der Waals surface area contributed by atoms with E-state index in [-0.39, 0.29) is 5.95 Å². The van der Waals surface area contributed by atoms with E-state index in [9.17, 15) is 9.59 Å². The second-order valence-corrected chi connectivity index (χ2v) is 3.23. The third-order valence-electron chi connectivity index (χ3n) is 1.83. The summed E-state index contributed by atoms with van der Waals surface area (Å²) in [5.74, 6) is -1.29. The summed E-state index contributed by atoms with van der Waals surface area (Å²) in [4.78, 5) is 29.5. The van der Waals surface area contributed by atoms with Crippen molar-refractivity contribution < 1.29 is 19.8 Å². The number of anilines is 1. The summed E-state index contributed by atoms with van der Waals surface area (Å²) in [6.45, 7) is 1.26. The van der Waals surface area contributed by atoms with Crippen LogP contribution >= 0.6 is 0 Å². The van der Waals surface area contributed by atoms with Crippen molar-refractivity contribution in [3.8, 4) is 0 Å². The molecule has 1 heterocycles. The fourth-order valence-electron chi connectivity index (χ4n) is 1.03. The molecule has 0 radical (unpaired) electrons. The van der Waals surface area contributed by atoms with Crippen LogP contribution in [0.3, 0.4) is 0 Å². The standard InChI is InChI=1S/C9H12N4O4/c1-5(14)6(7(15)16)12-9(17)13-8-10-3-2-4-11-8/h2-6,14H,1H3,(H,15,16)(H2,10,11,12,13,17)/t5-,6+/m1/s1. The highest BCUT2D eigenvalue weighted by molar-refractivity contribution is 5.90. The average molecular weight is 240 g/mol. The molecule has 0 saturated heterocycles. The molecule has 0 aliphatic heterocycles. The number of aliphatic hydroxyl groups excluding tert-OH is 1. The number of urea groups is 1. The SMILES string of the molecule is C[C@@H](O)[C@H](NC(=O)Nc1ncccn1)C(=O)O. The van der Waals surface area contributed by atoms with E-state index in [0.717, 1.165) is 0 Å². The molecule has 8 heteroatoms. The van der Waals surface area contributed by atoms with Gasteiger partial charge in [-0.1, -0.05) is 0 Å². The van der Waals surface area contributed by atoms with Crippen LogP contribution in [0, 0.1) is 0 Å². The molecule has 2 atom stereocenters. The number of carboxylic acid groups (broad SMARTS) is 1. The lowest BCUT2D eigenvalue weighted by molar-refractivity contribution is -0.141. The van der Waals surface area contributed by atoms with Crippen molar-refractivity contribution in [3.63, 3.8) is 0 Å². The molecule has 1 aromatic rings. The Bertz CT molecular complexity index is 395. The van der Waals surface area contributed by atoms with Gasteiger partial charge in [-0.05, 0) is 13.0 Å². The topological polar surface area (TPSA) is 124 Å². The van der Waals surface area contributed by atoms with Crippen molar-refractivity contribution in [3.05, 3.63) is 18.5 Å². The maximum absolute atomic E-state index is 11.4. The Kier molecular flexibility index (Phi) is 4.35. The molecule has 0 aliphatic carbocycles. The van der Waals surface area contributed by atoms with Gasteiger partial charge >= 0.3 is 12.0 Å². The fraction of sp³-hybridized carbons (Fsp3) is 0.333. The minimum Gasteiger partial charge on any atom is -0.480 e. The Morgan fingerprint density at radius 1 is 1.35 bits per heavy atom. The van der Waals surface area contributed by atoms with Crippen LogP contribution in [0.4, 0.5) is 10.7 Å². The van der Waals surface area contributed by atoms with Crippen LogP contribution in [-0.2, 0) is 4.79 Å². The molecule has 4 N–H and O–H groups in total. The third kappa shape index (κ3) is 4.03. The van der Waals surface area contributed by atoms with E-state index in [1.54, 1.807) is 6.07 Å². The van der Waals surface area contributed by atoms with Crippen LogP contribution in [-0.4, -0.2) is 44.3 Å². The van der Waals surface area contributed by atoms with E-state index in [0.29, 0.717) is 0 Å². The van der Waals surface area contributed by atoms with E-state index in [2.05, 4.69) is 20.6 Å². The van der Waals surface area contributed by atoms with Crippen LogP contribution in [0.25, 0.3) is 0 Å². The number of amides is 2. The minimum absolute atomic E-state index is 0.0414. The summed E-state index contributed by atoms with van der Waals surface area (Å²) in [5, 5.41) is 22.2. The summed E-state index contributed by atoms with van der Waals surface area (Å²) in [6.07, 6.45) is 1.63. The third-order valence-corrected chi connectivity index (χ3v) is 1.83. The van der Waals surface area contributed by atoms with Crippen molar-refractivity contribution in [2.45, 2.75) is 19.1 Å². The Morgan fingerprint density at radius 3 is 2.41 bits per heavy atom. The van der Waals surface area contributed by atoms with Gasteiger partial charge in [0, 0.05) is 12.4 Å². The van der Waals surface area contributed by atoms with Crippen molar-refractivity contribution in [2.75, 3.05) is 5.32 Å². The first-order chi connectivity index (χ1) is 8.00. The number of nitrogens with one attached hydrogen (secondary N) is 2. The van der Waals surface area contributed by atoms with E-state index in [4.69, 9.17) is 10.2 Å². The number of hydrogen-bond donors (Lipinski definition) is 4.